The first kappa shape index (κ1) is 9.65. The van der Waals surface area contributed by atoms with E-state index in [0.717, 1.165) is 31.0 Å². The summed E-state index contributed by atoms with van der Waals surface area (Å²) in [6.07, 6.45) is 5.53. The molecule has 0 atom stereocenters. The van der Waals surface area contributed by atoms with Crippen molar-refractivity contribution in [2.45, 2.75) is 44.6 Å². The SMILES string of the molecule is CCc1noc(C2(NC)CCCC2)n1. The Bertz CT molecular complexity index is 302. The second kappa shape index (κ2) is 3.69. The molecular formula is C10H17N3O. The van der Waals surface area contributed by atoms with Gasteiger partial charge in [0, 0.05) is 6.42 Å². The van der Waals surface area contributed by atoms with Crippen LogP contribution in [0.2, 0.25) is 0 Å². The standard InChI is InChI=1S/C10H17N3O/c1-3-8-12-9(14-13-8)10(11-2)6-4-5-7-10/h11H,3-7H2,1-2H3. The molecule has 2 rings (SSSR count). The van der Waals surface area contributed by atoms with Crippen LogP contribution in [0.5, 0.6) is 0 Å². The highest BCUT2D eigenvalue weighted by molar-refractivity contribution is 5.06. The van der Waals surface area contributed by atoms with Gasteiger partial charge in [-0.15, -0.1) is 0 Å². The third-order valence-electron chi connectivity index (χ3n) is 3.13. The Morgan fingerprint density at radius 1 is 1.43 bits per heavy atom. The maximum atomic E-state index is 5.31. The summed E-state index contributed by atoms with van der Waals surface area (Å²) in [6.45, 7) is 2.04. The van der Waals surface area contributed by atoms with E-state index >= 15 is 0 Å². The number of aromatic nitrogens is 2. The molecule has 14 heavy (non-hydrogen) atoms. The van der Waals surface area contributed by atoms with Crippen molar-refractivity contribution in [3.63, 3.8) is 0 Å². The van der Waals surface area contributed by atoms with Crippen LogP contribution in [0.4, 0.5) is 0 Å². The quantitative estimate of drug-likeness (QED) is 0.796. The Morgan fingerprint density at radius 3 is 2.64 bits per heavy atom. The highest BCUT2D eigenvalue weighted by Crippen LogP contribution is 2.37. The van der Waals surface area contributed by atoms with Gasteiger partial charge in [-0.25, -0.2) is 0 Å². The molecule has 0 saturated heterocycles. The van der Waals surface area contributed by atoms with Gasteiger partial charge in [-0.2, -0.15) is 4.98 Å². The van der Waals surface area contributed by atoms with Crippen LogP contribution in [0.15, 0.2) is 4.52 Å². The van der Waals surface area contributed by atoms with Gasteiger partial charge in [0.2, 0.25) is 5.89 Å². The fourth-order valence-corrected chi connectivity index (χ4v) is 2.14. The van der Waals surface area contributed by atoms with Gasteiger partial charge in [0.25, 0.3) is 0 Å². The number of nitrogens with one attached hydrogen (secondary N) is 1. The average molecular weight is 195 g/mol. The lowest BCUT2D eigenvalue weighted by atomic mass is 9.98. The van der Waals surface area contributed by atoms with E-state index in [1.807, 2.05) is 14.0 Å². The minimum absolute atomic E-state index is 0.0413. The van der Waals surface area contributed by atoms with Crippen molar-refractivity contribution in [3.8, 4) is 0 Å². The molecule has 1 N–H and O–H groups in total. The third kappa shape index (κ3) is 1.43. The molecule has 0 unspecified atom stereocenters. The lowest BCUT2D eigenvalue weighted by Gasteiger charge is -2.23. The van der Waals surface area contributed by atoms with Gasteiger partial charge in [0.1, 0.15) is 0 Å². The Hall–Kier alpha value is -0.900. The zero-order chi connectivity index (χ0) is 10.0. The summed E-state index contributed by atoms with van der Waals surface area (Å²) >= 11 is 0. The highest BCUT2D eigenvalue weighted by atomic mass is 16.5. The molecule has 0 bridgehead atoms. The van der Waals surface area contributed by atoms with Crippen molar-refractivity contribution in [1.29, 1.82) is 0 Å². The molecule has 1 aromatic rings. The molecule has 1 aliphatic carbocycles. The second-order valence-electron chi connectivity index (χ2n) is 3.91. The molecule has 0 aliphatic heterocycles. The molecule has 1 fully saturated rings. The zero-order valence-electron chi connectivity index (χ0n) is 8.84. The second-order valence-corrected chi connectivity index (χ2v) is 3.91. The largest absolute Gasteiger partial charge is 0.337 e. The minimum atomic E-state index is -0.0413. The summed E-state index contributed by atoms with van der Waals surface area (Å²) in [7, 11) is 1.97. The van der Waals surface area contributed by atoms with Crippen LogP contribution in [0.25, 0.3) is 0 Å². The molecular weight excluding hydrogens is 178 g/mol. The first-order valence-electron chi connectivity index (χ1n) is 5.33. The van der Waals surface area contributed by atoms with Gasteiger partial charge in [-0.3, -0.25) is 0 Å². The lowest BCUT2D eigenvalue weighted by Crippen LogP contribution is -2.37. The zero-order valence-corrected chi connectivity index (χ0v) is 8.84. The van der Waals surface area contributed by atoms with E-state index in [9.17, 15) is 0 Å². The van der Waals surface area contributed by atoms with Crippen molar-refractivity contribution in [1.82, 2.24) is 15.5 Å². The van der Waals surface area contributed by atoms with Crippen LogP contribution in [0.3, 0.4) is 0 Å². The van der Waals surface area contributed by atoms with Crippen molar-refractivity contribution in [3.05, 3.63) is 11.7 Å². The van der Waals surface area contributed by atoms with Gasteiger partial charge in [-0.05, 0) is 19.9 Å². The number of nitrogens with zero attached hydrogens (tertiary/aromatic N) is 2. The molecule has 1 aliphatic rings. The summed E-state index contributed by atoms with van der Waals surface area (Å²) in [5.74, 6) is 1.58. The van der Waals surface area contributed by atoms with E-state index in [1.165, 1.54) is 12.8 Å². The Morgan fingerprint density at radius 2 is 2.14 bits per heavy atom. The first-order valence-corrected chi connectivity index (χ1v) is 5.33. The van der Waals surface area contributed by atoms with Gasteiger partial charge >= 0.3 is 0 Å². The molecule has 0 amide bonds. The Balaban J connectivity index is 2.26. The normalized spacial score (nSPS) is 20.1. The van der Waals surface area contributed by atoms with Gasteiger partial charge < -0.3 is 9.84 Å². The van der Waals surface area contributed by atoms with E-state index in [2.05, 4.69) is 15.5 Å². The van der Waals surface area contributed by atoms with Crippen LogP contribution in [0, 0.1) is 0 Å². The van der Waals surface area contributed by atoms with E-state index < -0.39 is 0 Å². The summed E-state index contributed by atoms with van der Waals surface area (Å²) in [6, 6.07) is 0. The molecule has 4 heteroatoms. The van der Waals surface area contributed by atoms with Crippen molar-refractivity contribution < 1.29 is 4.52 Å². The molecule has 0 radical (unpaired) electrons. The van der Waals surface area contributed by atoms with E-state index in [4.69, 9.17) is 4.52 Å². The molecule has 78 valence electrons. The average Bonchev–Trinajstić information content (AvgIpc) is 2.87. The summed E-state index contributed by atoms with van der Waals surface area (Å²) < 4.78 is 5.31. The van der Waals surface area contributed by atoms with Crippen LogP contribution < -0.4 is 5.32 Å². The summed E-state index contributed by atoms with van der Waals surface area (Å²) in [5, 5.41) is 7.28. The molecule has 0 aromatic carbocycles. The van der Waals surface area contributed by atoms with Crippen LogP contribution >= 0.6 is 0 Å². The number of rotatable bonds is 3. The minimum Gasteiger partial charge on any atom is -0.337 e. The summed E-state index contributed by atoms with van der Waals surface area (Å²) in [4.78, 5) is 4.41. The number of hydrogen-bond donors (Lipinski definition) is 1. The van der Waals surface area contributed by atoms with Gasteiger partial charge in [0.05, 0.1) is 5.54 Å². The molecule has 0 spiro atoms. The van der Waals surface area contributed by atoms with Gasteiger partial charge in [0.15, 0.2) is 5.82 Å². The van der Waals surface area contributed by atoms with Crippen molar-refractivity contribution in [2.24, 2.45) is 0 Å². The molecule has 1 aromatic heterocycles. The van der Waals surface area contributed by atoms with Crippen LogP contribution in [0.1, 0.15) is 44.3 Å². The van der Waals surface area contributed by atoms with Crippen LogP contribution in [-0.4, -0.2) is 17.2 Å². The van der Waals surface area contributed by atoms with E-state index in [0.29, 0.717) is 0 Å². The number of aryl methyl sites for hydroxylation is 1. The summed E-state index contributed by atoms with van der Waals surface area (Å²) in [5.41, 5.74) is -0.0413. The van der Waals surface area contributed by atoms with Gasteiger partial charge in [-0.1, -0.05) is 24.9 Å². The van der Waals surface area contributed by atoms with E-state index in [1.54, 1.807) is 0 Å². The predicted molar refractivity (Wildman–Crippen MR) is 52.9 cm³/mol. The van der Waals surface area contributed by atoms with E-state index in [-0.39, 0.29) is 5.54 Å². The lowest BCUT2D eigenvalue weighted by molar-refractivity contribution is 0.247. The molecule has 4 nitrogen and oxygen atoms in total. The Kier molecular flexibility index (Phi) is 2.54. The first-order chi connectivity index (χ1) is 6.80. The Labute approximate surface area is 84.1 Å². The van der Waals surface area contributed by atoms with Crippen molar-refractivity contribution >= 4 is 0 Å². The monoisotopic (exact) mass is 195 g/mol. The fourth-order valence-electron chi connectivity index (χ4n) is 2.14. The fraction of sp³-hybridized carbons (Fsp3) is 0.800. The topological polar surface area (TPSA) is 51.0 Å². The highest BCUT2D eigenvalue weighted by Gasteiger charge is 2.39. The van der Waals surface area contributed by atoms with Crippen molar-refractivity contribution in [2.75, 3.05) is 7.05 Å². The molecule has 1 saturated carbocycles. The molecule has 1 heterocycles. The van der Waals surface area contributed by atoms with Crippen LogP contribution in [-0.2, 0) is 12.0 Å². The number of hydrogen-bond acceptors (Lipinski definition) is 4. The maximum Gasteiger partial charge on any atom is 0.246 e. The smallest absolute Gasteiger partial charge is 0.246 e. The maximum absolute atomic E-state index is 5.31. The third-order valence-corrected chi connectivity index (χ3v) is 3.13. The predicted octanol–water partition coefficient (Wildman–Crippen LogP) is 1.62.